The summed E-state index contributed by atoms with van der Waals surface area (Å²) in [5.41, 5.74) is 0.964. The lowest BCUT2D eigenvalue weighted by atomic mass is 9.95. The maximum absolute atomic E-state index is 11.4. The quantitative estimate of drug-likeness (QED) is 0.572. The Morgan fingerprint density at radius 2 is 2.25 bits per heavy atom. The van der Waals surface area contributed by atoms with Crippen LogP contribution in [0.4, 0.5) is 0 Å². The van der Waals surface area contributed by atoms with Crippen LogP contribution in [0.25, 0.3) is 0 Å². The molecule has 1 atom stereocenters. The second-order valence-electron chi connectivity index (χ2n) is 3.19. The summed E-state index contributed by atoms with van der Waals surface area (Å²) >= 11 is 0. The van der Waals surface area contributed by atoms with Crippen molar-refractivity contribution in [1.82, 2.24) is 0 Å². The molecule has 2 rings (SSSR count). The molecule has 0 aromatic carbocycles. The zero-order valence-electron chi connectivity index (χ0n) is 6.82. The van der Waals surface area contributed by atoms with E-state index in [1.807, 2.05) is 19.1 Å². The van der Waals surface area contributed by atoms with Crippen LogP contribution >= 0.6 is 0 Å². The van der Waals surface area contributed by atoms with Crippen LogP contribution in [0.2, 0.25) is 0 Å². The molecule has 64 valence electrons. The maximum atomic E-state index is 11.4. The Morgan fingerprint density at radius 3 is 2.92 bits per heavy atom. The number of rotatable bonds is 0. The summed E-state index contributed by atoms with van der Waals surface area (Å²) in [6, 6.07) is 0. The molecule has 0 amide bonds. The molecular weight excluding hydrogens is 172 g/mol. The minimum atomic E-state index is -3.05. The van der Waals surface area contributed by atoms with Crippen molar-refractivity contribution in [2.45, 2.75) is 13.3 Å². The Morgan fingerprint density at radius 1 is 1.50 bits per heavy atom. The van der Waals surface area contributed by atoms with Gasteiger partial charge in [-0.05, 0) is 19.4 Å². The van der Waals surface area contributed by atoms with Gasteiger partial charge in [-0.2, -0.15) is 0 Å². The first-order valence-electron chi connectivity index (χ1n) is 3.91. The van der Waals surface area contributed by atoms with Crippen molar-refractivity contribution in [2.75, 3.05) is 0 Å². The molecule has 2 aliphatic rings. The van der Waals surface area contributed by atoms with Crippen LogP contribution in [0.15, 0.2) is 34.1 Å². The fourth-order valence-corrected chi connectivity index (χ4v) is 3.44. The van der Waals surface area contributed by atoms with Crippen molar-refractivity contribution in [1.29, 1.82) is 0 Å². The molecule has 0 aromatic heterocycles. The smallest absolute Gasteiger partial charge is 0.196 e. The first kappa shape index (κ1) is 7.80. The molecule has 1 aliphatic heterocycles. The van der Waals surface area contributed by atoms with Crippen molar-refractivity contribution in [2.24, 2.45) is 5.92 Å². The summed E-state index contributed by atoms with van der Waals surface area (Å²) in [4.78, 5) is 0.572. The van der Waals surface area contributed by atoms with Crippen LogP contribution < -0.4 is 0 Å². The average molecular weight is 182 g/mol. The van der Waals surface area contributed by atoms with Crippen LogP contribution in [0, 0.1) is 5.92 Å². The Balaban J connectivity index is 2.60. The second kappa shape index (κ2) is 2.33. The highest BCUT2D eigenvalue weighted by Crippen LogP contribution is 2.38. The predicted molar refractivity (Wildman–Crippen MR) is 48.0 cm³/mol. The van der Waals surface area contributed by atoms with Gasteiger partial charge in [0.2, 0.25) is 0 Å². The van der Waals surface area contributed by atoms with Crippen molar-refractivity contribution in [3.8, 4) is 0 Å². The van der Waals surface area contributed by atoms with Gasteiger partial charge < -0.3 is 0 Å². The maximum Gasteiger partial charge on any atom is 0.196 e. The number of allylic oxidation sites excluding steroid dienone is 5. The molecule has 0 radical (unpaired) electrons. The molecule has 1 heterocycles. The van der Waals surface area contributed by atoms with Gasteiger partial charge in [0, 0.05) is 11.3 Å². The molecule has 0 bridgehead atoms. The number of sulfone groups is 1. The molecule has 12 heavy (non-hydrogen) atoms. The Hall–Kier alpha value is -0.830. The largest absolute Gasteiger partial charge is 0.219 e. The van der Waals surface area contributed by atoms with E-state index in [-0.39, 0.29) is 5.92 Å². The van der Waals surface area contributed by atoms with E-state index in [0.717, 1.165) is 12.0 Å². The number of hydrogen-bond donors (Lipinski definition) is 0. The third-order valence-electron chi connectivity index (χ3n) is 2.33. The van der Waals surface area contributed by atoms with Crippen LogP contribution in [0.1, 0.15) is 13.3 Å². The van der Waals surface area contributed by atoms with Gasteiger partial charge in [-0.3, -0.25) is 0 Å². The number of hydrogen-bond acceptors (Lipinski definition) is 2. The summed E-state index contributed by atoms with van der Waals surface area (Å²) < 4.78 is 22.9. The van der Waals surface area contributed by atoms with Crippen molar-refractivity contribution in [3.63, 3.8) is 0 Å². The molecule has 0 saturated carbocycles. The van der Waals surface area contributed by atoms with Crippen LogP contribution in [0.3, 0.4) is 0 Å². The van der Waals surface area contributed by atoms with Crippen LogP contribution in [-0.2, 0) is 9.84 Å². The van der Waals surface area contributed by atoms with Crippen LogP contribution in [0.5, 0.6) is 0 Å². The van der Waals surface area contributed by atoms with Crippen LogP contribution in [-0.4, -0.2) is 8.42 Å². The van der Waals surface area contributed by atoms with Crippen molar-refractivity contribution in [3.05, 3.63) is 34.1 Å². The Labute approximate surface area is 72.2 Å². The molecular formula is C9H10O2S. The molecule has 0 spiro atoms. The van der Waals surface area contributed by atoms with E-state index in [9.17, 15) is 8.42 Å². The lowest BCUT2D eigenvalue weighted by Crippen LogP contribution is -2.06. The third kappa shape index (κ3) is 0.966. The van der Waals surface area contributed by atoms with E-state index in [0.29, 0.717) is 4.91 Å². The van der Waals surface area contributed by atoms with E-state index >= 15 is 0 Å². The lowest BCUT2D eigenvalue weighted by Gasteiger charge is -2.13. The fourth-order valence-electron chi connectivity index (χ4n) is 1.71. The third-order valence-corrected chi connectivity index (χ3v) is 4.09. The topological polar surface area (TPSA) is 34.1 Å². The molecule has 0 aromatic rings. The molecule has 0 saturated heterocycles. The molecule has 3 heteroatoms. The zero-order valence-corrected chi connectivity index (χ0v) is 7.64. The summed E-state index contributed by atoms with van der Waals surface area (Å²) in [7, 11) is -3.05. The van der Waals surface area contributed by atoms with E-state index in [1.165, 1.54) is 5.41 Å². The van der Waals surface area contributed by atoms with E-state index in [2.05, 4.69) is 0 Å². The molecule has 0 fully saturated rings. The molecule has 1 aliphatic carbocycles. The minimum Gasteiger partial charge on any atom is -0.219 e. The molecule has 0 N–H and O–H groups in total. The summed E-state index contributed by atoms with van der Waals surface area (Å²) in [5, 5.41) is 1.39. The van der Waals surface area contributed by atoms with Gasteiger partial charge in [0.15, 0.2) is 9.84 Å². The van der Waals surface area contributed by atoms with Gasteiger partial charge in [0.25, 0.3) is 0 Å². The highest BCUT2D eigenvalue weighted by atomic mass is 32.2. The van der Waals surface area contributed by atoms with Gasteiger partial charge in [-0.25, -0.2) is 8.42 Å². The normalized spacial score (nSPS) is 30.9. The average Bonchev–Trinajstić information content (AvgIpc) is 2.25. The van der Waals surface area contributed by atoms with Crippen molar-refractivity contribution >= 4 is 9.84 Å². The second-order valence-corrected chi connectivity index (χ2v) is 4.99. The standard InChI is InChI=1S/C9H10O2S/c1-7-6-12(10,11)9-5-3-2-4-8(7)9/h2-3,5-6,8H,4H2,1H3. The van der Waals surface area contributed by atoms with E-state index < -0.39 is 9.84 Å². The predicted octanol–water partition coefficient (Wildman–Crippen LogP) is 1.78. The monoisotopic (exact) mass is 182 g/mol. The van der Waals surface area contributed by atoms with E-state index in [4.69, 9.17) is 0 Å². The Bertz CT molecular complexity index is 396. The van der Waals surface area contributed by atoms with Crippen molar-refractivity contribution < 1.29 is 8.42 Å². The van der Waals surface area contributed by atoms with Gasteiger partial charge in [-0.15, -0.1) is 0 Å². The van der Waals surface area contributed by atoms with Gasteiger partial charge in [0.05, 0.1) is 4.91 Å². The summed E-state index contributed by atoms with van der Waals surface area (Å²) in [6.07, 6.45) is 6.35. The minimum absolute atomic E-state index is 0.125. The Kier molecular flexibility index (Phi) is 1.51. The molecule has 1 unspecified atom stereocenters. The highest BCUT2D eigenvalue weighted by Gasteiger charge is 2.32. The van der Waals surface area contributed by atoms with E-state index in [1.54, 1.807) is 6.08 Å². The fraction of sp³-hybridized carbons (Fsp3) is 0.333. The number of fused-ring (bicyclic) bond motifs is 1. The molecule has 2 nitrogen and oxygen atoms in total. The first-order valence-corrected chi connectivity index (χ1v) is 5.46. The van der Waals surface area contributed by atoms with Gasteiger partial charge >= 0.3 is 0 Å². The summed E-state index contributed by atoms with van der Waals surface area (Å²) in [6.45, 7) is 1.88. The van der Waals surface area contributed by atoms with Gasteiger partial charge in [0.1, 0.15) is 0 Å². The van der Waals surface area contributed by atoms with Gasteiger partial charge in [-0.1, -0.05) is 17.7 Å². The SMILES string of the molecule is CC1=CS(=O)(=O)C2=CC=CCC12. The first-order chi connectivity index (χ1) is 5.61. The zero-order chi connectivity index (χ0) is 8.77. The summed E-state index contributed by atoms with van der Waals surface area (Å²) in [5.74, 6) is 0.125. The highest BCUT2D eigenvalue weighted by molar-refractivity contribution is 7.98. The lowest BCUT2D eigenvalue weighted by molar-refractivity contribution is 0.607.